The summed E-state index contributed by atoms with van der Waals surface area (Å²) in [6.07, 6.45) is 3.25. The molecule has 3 heterocycles. The third-order valence-corrected chi connectivity index (χ3v) is 6.11. The maximum absolute atomic E-state index is 13.9. The van der Waals surface area contributed by atoms with Crippen molar-refractivity contribution in [2.45, 2.75) is 6.42 Å². The van der Waals surface area contributed by atoms with Gasteiger partial charge in [-0.3, -0.25) is 5.10 Å². The number of nitrogens with one attached hydrogen (secondary N) is 3. The normalized spacial score (nSPS) is 14.2. The average molecular weight is 424 g/mol. The second kappa shape index (κ2) is 7.35. The molecule has 32 heavy (non-hydrogen) atoms. The predicted octanol–water partition coefficient (Wildman–Crippen LogP) is 5.60. The van der Waals surface area contributed by atoms with E-state index in [1.165, 1.54) is 17.2 Å². The summed E-state index contributed by atoms with van der Waals surface area (Å²) in [4.78, 5) is 3.47. The number of hydrogen-bond acceptors (Lipinski definition) is 3. The van der Waals surface area contributed by atoms with Crippen LogP contribution in [-0.2, 0) is 0 Å². The van der Waals surface area contributed by atoms with E-state index in [0.717, 1.165) is 64.3 Å². The number of hydrogen-bond donors (Lipinski definition) is 4. The summed E-state index contributed by atoms with van der Waals surface area (Å²) in [6, 6.07) is 18.4. The van der Waals surface area contributed by atoms with Crippen LogP contribution in [0.1, 0.15) is 12.0 Å². The largest absolute Gasteiger partial charge is 0.508 e. The molecule has 0 saturated heterocycles. The summed E-state index contributed by atoms with van der Waals surface area (Å²) in [5.74, 6) is -0.559. The summed E-state index contributed by atoms with van der Waals surface area (Å²) in [7, 11) is 0. The van der Waals surface area contributed by atoms with E-state index in [0.29, 0.717) is 5.56 Å². The molecule has 5 nitrogen and oxygen atoms in total. The number of benzene rings is 3. The molecule has 0 amide bonds. The Bertz CT molecular complexity index is 1490. The third-order valence-electron chi connectivity index (χ3n) is 6.11. The van der Waals surface area contributed by atoms with Crippen LogP contribution in [0, 0.1) is 5.82 Å². The van der Waals surface area contributed by atoms with Crippen molar-refractivity contribution in [3.05, 3.63) is 78.1 Å². The van der Waals surface area contributed by atoms with Crippen molar-refractivity contribution in [2.75, 3.05) is 13.1 Å². The molecule has 3 aromatic carbocycles. The van der Waals surface area contributed by atoms with E-state index in [1.807, 2.05) is 24.3 Å². The minimum absolute atomic E-state index is 0.0918. The Labute approximate surface area is 183 Å². The fourth-order valence-corrected chi connectivity index (χ4v) is 4.57. The van der Waals surface area contributed by atoms with E-state index < -0.39 is 5.82 Å². The van der Waals surface area contributed by atoms with Gasteiger partial charge in [0.1, 0.15) is 17.3 Å². The van der Waals surface area contributed by atoms with E-state index in [4.69, 9.17) is 0 Å². The van der Waals surface area contributed by atoms with Crippen molar-refractivity contribution in [1.29, 1.82) is 0 Å². The molecule has 6 rings (SSSR count). The van der Waals surface area contributed by atoms with Gasteiger partial charge >= 0.3 is 0 Å². The Balaban J connectivity index is 1.49. The van der Waals surface area contributed by atoms with Crippen LogP contribution in [0.15, 0.2) is 66.7 Å². The molecular formula is C26H21FN4O. The molecule has 1 aliphatic heterocycles. The molecular weight excluding hydrogens is 403 g/mol. The number of H-pyrrole nitrogens is 2. The van der Waals surface area contributed by atoms with Crippen molar-refractivity contribution in [1.82, 2.24) is 20.5 Å². The van der Waals surface area contributed by atoms with Crippen molar-refractivity contribution < 1.29 is 9.50 Å². The Kier molecular flexibility index (Phi) is 4.33. The molecule has 0 fully saturated rings. The highest BCUT2D eigenvalue weighted by Crippen LogP contribution is 2.36. The molecule has 0 unspecified atom stereocenters. The Morgan fingerprint density at radius 3 is 2.69 bits per heavy atom. The highest BCUT2D eigenvalue weighted by Gasteiger charge is 2.15. The van der Waals surface area contributed by atoms with Gasteiger partial charge in [-0.2, -0.15) is 5.10 Å². The van der Waals surface area contributed by atoms with Gasteiger partial charge in [0.25, 0.3) is 0 Å². The summed E-state index contributed by atoms with van der Waals surface area (Å²) >= 11 is 0. The average Bonchev–Trinajstić information content (AvgIpc) is 3.42. The molecule has 6 heteroatoms. The molecule has 0 bridgehead atoms. The molecule has 5 aromatic rings. The summed E-state index contributed by atoms with van der Waals surface area (Å²) < 4.78 is 13.9. The van der Waals surface area contributed by atoms with Gasteiger partial charge in [-0.1, -0.05) is 24.3 Å². The number of phenolic OH excluding ortho intramolecular Hbond substituents is 1. The van der Waals surface area contributed by atoms with Gasteiger partial charge in [-0.15, -0.1) is 0 Å². The first kappa shape index (κ1) is 18.8. The number of fused-ring (bicyclic) bond motifs is 2. The Hall–Kier alpha value is -3.90. The molecule has 0 radical (unpaired) electrons. The van der Waals surface area contributed by atoms with Crippen LogP contribution in [0.5, 0.6) is 5.75 Å². The molecule has 158 valence electrons. The molecule has 0 saturated carbocycles. The van der Waals surface area contributed by atoms with Crippen molar-refractivity contribution in [3.8, 4) is 28.3 Å². The highest BCUT2D eigenvalue weighted by atomic mass is 19.1. The monoisotopic (exact) mass is 424 g/mol. The van der Waals surface area contributed by atoms with E-state index in [9.17, 15) is 9.50 Å². The van der Waals surface area contributed by atoms with E-state index >= 15 is 0 Å². The standard InChI is InChI=1S/C26H21FN4O/c27-18-10-17(11-19(32)13-18)20-2-1-3-23-21(20)14-25(29-23)26-22-12-16(4-5-24(22)30-31-26)15-6-8-28-9-7-15/h1-6,10-14,28-29,32H,7-9H2,(H,30,31). The minimum atomic E-state index is -0.467. The first-order valence-corrected chi connectivity index (χ1v) is 10.7. The van der Waals surface area contributed by atoms with Crippen LogP contribution in [0.3, 0.4) is 0 Å². The summed E-state index contributed by atoms with van der Waals surface area (Å²) in [6.45, 7) is 1.88. The number of nitrogens with zero attached hydrogens (tertiary/aromatic N) is 1. The topological polar surface area (TPSA) is 76.7 Å². The lowest BCUT2D eigenvalue weighted by atomic mass is 9.98. The van der Waals surface area contributed by atoms with Gasteiger partial charge in [0, 0.05) is 28.9 Å². The van der Waals surface area contributed by atoms with Gasteiger partial charge in [-0.05, 0) is 71.6 Å². The Morgan fingerprint density at radius 2 is 1.84 bits per heavy atom. The number of aromatic hydroxyl groups is 1. The molecule has 0 atom stereocenters. The van der Waals surface area contributed by atoms with Crippen LogP contribution in [0.4, 0.5) is 4.39 Å². The maximum atomic E-state index is 13.9. The summed E-state index contributed by atoms with van der Waals surface area (Å²) in [5.41, 5.74) is 7.68. The van der Waals surface area contributed by atoms with Crippen molar-refractivity contribution >= 4 is 27.4 Å². The number of aromatic amines is 2. The maximum Gasteiger partial charge on any atom is 0.127 e. The molecule has 1 aliphatic rings. The van der Waals surface area contributed by atoms with Crippen LogP contribution >= 0.6 is 0 Å². The van der Waals surface area contributed by atoms with Gasteiger partial charge in [0.05, 0.1) is 11.2 Å². The van der Waals surface area contributed by atoms with Crippen LogP contribution in [0.2, 0.25) is 0 Å². The van der Waals surface area contributed by atoms with E-state index in [-0.39, 0.29) is 5.75 Å². The van der Waals surface area contributed by atoms with Crippen molar-refractivity contribution in [3.63, 3.8) is 0 Å². The zero-order valence-corrected chi connectivity index (χ0v) is 17.2. The minimum Gasteiger partial charge on any atom is -0.508 e. The lowest BCUT2D eigenvalue weighted by Gasteiger charge is -2.14. The van der Waals surface area contributed by atoms with Crippen LogP contribution < -0.4 is 5.32 Å². The van der Waals surface area contributed by atoms with Gasteiger partial charge in [0.2, 0.25) is 0 Å². The van der Waals surface area contributed by atoms with Gasteiger partial charge < -0.3 is 15.4 Å². The molecule has 0 aliphatic carbocycles. The third kappa shape index (κ3) is 3.16. The van der Waals surface area contributed by atoms with Gasteiger partial charge in [0.15, 0.2) is 0 Å². The lowest BCUT2D eigenvalue weighted by molar-refractivity contribution is 0.469. The highest BCUT2D eigenvalue weighted by molar-refractivity contribution is 6.01. The predicted molar refractivity (Wildman–Crippen MR) is 126 cm³/mol. The number of halogens is 1. The lowest BCUT2D eigenvalue weighted by Crippen LogP contribution is -2.19. The quantitative estimate of drug-likeness (QED) is 0.305. The van der Waals surface area contributed by atoms with E-state index in [1.54, 1.807) is 6.07 Å². The van der Waals surface area contributed by atoms with Crippen LogP contribution in [0.25, 0.3) is 49.9 Å². The van der Waals surface area contributed by atoms with Gasteiger partial charge in [-0.25, -0.2) is 4.39 Å². The Morgan fingerprint density at radius 1 is 0.906 bits per heavy atom. The molecule has 0 spiro atoms. The second-order valence-corrected chi connectivity index (χ2v) is 8.16. The fourth-order valence-electron chi connectivity index (χ4n) is 4.57. The first-order valence-electron chi connectivity index (χ1n) is 10.7. The molecule has 4 N–H and O–H groups in total. The SMILES string of the molecule is Oc1cc(F)cc(-c2cccc3[nH]c(-c4n[nH]c5ccc(C6=CCNCC6)cc45)cc23)c1. The number of phenols is 1. The first-order chi connectivity index (χ1) is 15.7. The fraction of sp³-hybridized carbons (Fsp3) is 0.115. The number of aromatic nitrogens is 3. The number of rotatable bonds is 3. The smallest absolute Gasteiger partial charge is 0.127 e. The summed E-state index contributed by atoms with van der Waals surface area (Å²) in [5, 5.41) is 22.9. The molecule has 2 aromatic heterocycles. The van der Waals surface area contributed by atoms with Crippen LogP contribution in [-0.4, -0.2) is 33.4 Å². The second-order valence-electron chi connectivity index (χ2n) is 8.16. The zero-order chi connectivity index (χ0) is 21.7. The van der Waals surface area contributed by atoms with Crippen molar-refractivity contribution in [2.24, 2.45) is 0 Å². The zero-order valence-electron chi connectivity index (χ0n) is 17.2. The van der Waals surface area contributed by atoms with E-state index in [2.05, 4.69) is 44.8 Å².